The van der Waals surface area contributed by atoms with Gasteiger partial charge in [0.15, 0.2) is 0 Å². The summed E-state index contributed by atoms with van der Waals surface area (Å²) >= 11 is 0. The van der Waals surface area contributed by atoms with Crippen molar-refractivity contribution in [3.63, 3.8) is 0 Å². The van der Waals surface area contributed by atoms with Gasteiger partial charge >= 0.3 is 6.09 Å². The molecule has 0 saturated heterocycles. The van der Waals surface area contributed by atoms with Crippen LogP contribution in [0.1, 0.15) is 59.9 Å². The molecule has 0 aromatic heterocycles. The molecule has 1 heterocycles. The average molecular weight is 452 g/mol. The van der Waals surface area contributed by atoms with E-state index < -0.39 is 5.60 Å². The highest BCUT2D eigenvalue weighted by Crippen LogP contribution is 2.23. The summed E-state index contributed by atoms with van der Waals surface area (Å²) in [4.78, 5) is 42.9. The first kappa shape index (κ1) is 24.3. The minimum absolute atomic E-state index is 0.249. The number of anilines is 1. The van der Waals surface area contributed by atoms with Crippen LogP contribution in [0.4, 0.5) is 10.5 Å². The van der Waals surface area contributed by atoms with E-state index in [0.29, 0.717) is 43.6 Å². The lowest BCUT2D eigenvalue weighted by molar-refractivity contribution is 0.0227. The third kappa shape index (κ3) is 6.12. The Labute approximate surface area is 195 Å². The van der Waals surface area contributed by atoms with Crippen molar-refractivity contribution in [2.24, 2.45) is 0 Å². The molecular weight excluding hydrogens is 418 g/mol. The van der Waals surface area contributed by atoms with E-state index in [1.165, 1.54) is 4.90 Å². The highest BCUT2D eigenvalue weighted by molar-refractivity contribution is 6.21. The van der Waals surface area contributed by atoms with Crippen molar-refractivity contribution >= 4 is 23.6 Å². The molecule has 0 unspecified atom stereocenters. The Morgan fingerprint density at radius 3 is 2.00 bits per heavy atom. The molecule has 33 heavy (non-hydrogen) atoms. The van der Waals surface area contributed by atoms with Crippen LogP contribution in [0.3, 0.4) is 0 Å². The molecule has 0 saturated carbocycles. The highest BCUT2D eigenvalue weighted by Gasteiger charge is 2.34. The second kappa shape index (κ2) is 10.1. The number of amides is 3. The molecule has 1 aliphatic rings. The Hall–Kier alpha value is -3.35. The van der Waals surface area contributed by atoms with Gasteiger partial charge in [0.2, 0.25) is 0 Å². The lowest BCUT2D eigenvalue weighted by Crippen LogP contribution is -2.37. The molecule has 176 valence electrons. The Morgan fingerprint density at radius 2 is 1.48 bits per heavy atom. The van der Waals surface area contributed by atoms with Crippen molar-refractivity contribution in [3.8, 4) is 0 Å². The van der Waals surface area contributed by atoms with Crippen LogP contribution in [0, 0.1) is 0 Å². The second-order valence-electron chi connectivity index (χ2n) is 9.48. The minimum atomic E-state index is -0.593. The van der Waals surface area contributed by atoms with Crippen molar-refractivity contribution in [3.05, 3.63) is 65.2 Å². The number of carbonyl (C=O) groups is 3. The van der Waals surface area contributed by atoms with E-state index in [1.54, 1.807) is 29.2 Å². The molecule has 0 bridgehead atoms. The van der Waals surface area contributed by atoms with Crippen LogP contribution in [-0.2, 0) is 11.3 Å². The fourth-order valence-electron chi connectivity index (χ4n) is 3.70. The number of nitrogens with zero attached hydrogens (tertiary/aromatic N) is 3. The summed E-state index contributed by atoms with van der Waals surface area (Å²) in [5.41, 5.74) is 2.41. The largest absolute Gasteiger partial charge is 0.444 e. The molecule has 0 N–H and O–H groups in total. The second-order valence-corrected chi connectivity index (χ2v) is 9.48. The zero-order valence-electron chi connectivity index (χ0n) is 20.1. The fourth-order valence-corrected chi connectivity index (χ4v) is 3.70. The number of benzene rings is 2. The molecule has 7 heteroatoms. The number of carbonyl (C=O) groups excluding carboxylic acids is 3. The van der Waals surface area contributed by atoms with E-state index in [2.05, 4.69) is 0 Å². The van der Waals surface area contributed by atoms with Crippen molar-refractivity contribution in [2.75, 3.05) is 32.1 Å². The number of ether oxygens (including phenoxy) is 1. The molecule has 2 aromatic rings. The standard InChI is InChI=1S/C26H33N3O4/c1-26(2,3)33-25(32)28(18-19-12-14-20(15-13-19)27(4)5)16-8-9-17-29-23(30)21-10-6-7-11-22(21)24(29)31/h6-7,10-15H,8-9,16-18H2,1-5H3. The minimum Gasteiger partial charge on any atom is -0.444 e. The Bertz CT molecular complexity index is 974. The first-order chi connectivity index (χ1) is 15.6. The number of hydrogen-bond donors (Lipinski definition) is 0. The van der Waals surface area contributed by atoms with Crippen LogP contribution in [-0.4, -0.2) is 60.5 Å². The van der Waals surface area contributed by atoms with Crippen LogP contribution in [0.25, 0.3) is 0 Å². The molecule has 3 amide bonds. The van der Waals surface area contributed by atoms with Gasteiger partial charge in [-0.2, -0.15) is 0 Å². The molecule has 0 fully saturated rings. The molecular formula is C26H33N3O4. The number of imide groups is 1. The van der Waals surface area contributed by atoms with Crippen molar-refractivity contribution in [1.29, 1.82) is 0 Å². The van der Waals surface area contributed by atoms with Crippen molar-refractivity contribution in [1.82, 2.24) is 9.80 Å². The maximum absolute atomic E-state index is 12.8. The Morgan fingerprint density at radius 1 is 0.909 bits per heavy atom. The zero-order valence-corrected chi connectivity index (χ0v) is 20.1. The molecule has 0 spiro atoms. The van der Waals surface area contributed by atoms with E-state index in [1.807, 2.05) is 64.0 Å². The third-order valence-corrected chi connectivity index (χ3v) is 5.42. The summed E-state index contributed by atoms with van der Waals surface area (Å²) < 4.78 is 5.60. The normalized spacial score (nSPS) is 13.2. The quantitative estimate of drug-likeness (QED) is 0.434. The predicted octanol–water partition coefficient (Wildman–Crippen LogP) is 4.57. The summed E-state index contributed by atoms with van der Waals surface area (Å²) in [6, 6.07) is 14.9. The molecule has 7 nitrogen and oxygen atoms in total. The fraction of sp³-hybridized carbons (Fsp3) is 0.423. The van der Waals surface area contributed by atoms with Gasteiger partial charge in [0.25, 0.3) is 11.8 Å². The van der Waals surface area contributed by atoms with E-state index >= 15 is 0 Å². The van der Waals surface area contributed by atoms with Gasteiger partial charge in [0, 0.05) is 39.4 Å². The van der Waals surface area contributed by atoms with Crippen LogP contribution in [0.2, 0.25) is 0 Å². The van der Waals surface area contributed by atoms with Crippen LogP contribution in [0.15, 0.2) is 48.5 Å². The smallest absolute Gasteiger partial charge is 0.410 e. The summed E-state index contributed by atoms with van der Waals surface area (Å²) in [6.07, 6.45) is 0.868. The summed E-state index contributed by atoms with van der Waals surface area (Å²) in [5, 5.41) is 0. The molecule has 0 radical (unpaired) electrons. The number of rotatable bonds is 8. The van der Waals surface area contributed by atoms with E-state index in [-0.39, 0.29) is 17.9 Å². The van der Waals surface area contributed by atoms with Gasteiger partial charge < -0.3 is 14.5 Å². The first-order valence-electron chi connectivity index (χ1n) is 11.3. The lowest BCUT2D eigenvalue weighted by atomic mass is 10.1. The summed E-state index contributed by atoms with van der Waals surface area (Å²) in [6.45, 7) is 6.75. The zero-order chi connectivity index (χ0) is 24.2. The molecule has 3 rings (SSSR count). The van der Waals surface area contributed by atoms with Crippen LogP contribution in [0.5, 0.6) is 0 Å². The lowest BCUT2D eigenvalue weighted by Gasteiger charge is -2.28. The highest BCUT2D eigenvalue weighted by atomic mass is 16.6. The molecule has 0 aliphatic carbocycles. The molecule has 2 aromatic carbocycles. The van der Waals surface area contributed by atoms with Crippen LogP contribution < -0.4 is 4.90 Å². The van der Waals surface area contributed by atoms with E-state index in [9.17, 15) is 14.4 Å². The summed E-state index contributed by atoms with van der Waals surface area (Å²) in [5.74, 6) is -0.499. The monoisotopic (exact) mass is 451 g/mol. The van der Waals surface area contributed by atoms with Crippen molar-refractivity contribution < 1.29 is 19.1 Å². The van der Waals surface area contributed by atoms with Gasteiger partial charge in [0.05, 0.1) is 11.1 Å². The van der Waals surface area contributed by atoms with Gasteiger partial charge in [0.1, 0.15) is 5.60 Å². The van der Waals surface area contributed by atoms with E-state index in [0.717, 1.165) is 11.3 Å². The maximum Gasteiger partial charge on any atom is 0.410 e. The van der Waals surface area contributed by atoms with Gasteiger partial charge in [-0.15, -0.1) is 0 Å². The predicted molar refractivity (Wildman–Crippen MR) is 128 cm³/mol. The first-order valence-corrected chi connectivity index (χ1v) is 11.3. The van der Waals surface area contributed by atoms with Crippen molar-refractivity contribution in [2.45, 2.75) is 45.8 Å². The van der Waals surface area contributed by atoms with Gasteiger partial charge in [-0.1, -0.05) is 24.3 Å². The van der Waals surface area contributed by atoms with Gasteiger partial charge in [-0.25, -0.2) is 4.79 Å². The third-order valence-electron chi connectivity index (χ3n) is 5.42. The number of hydrogen-bond acceptors (Lipinski definition) is 5. The average Bonchev–Trinajstić information content (AvgIpc) is 2.99. The maximum atomic E-state index is 12.8. The molecule has 1 aliphatic heterocycles. The molecule has 0 atom stereocenters. The van der Waals surface area contributed by atoms with Gasteiger partial charge in [-0.05, 0) is 63.4 Å². The SMILES string of the molecule is CN(C)c1ccc(CN(CCCCN2C(=O)c3ccccc3C2=O)C(=O)OC(C)(C)C)cc1. The number of fused-ring (bicyclic) bond motifs is 1. The van der Waals surface area contributed by atoms with Gasteiger partial charge in [-0.3, -0.25) is 14.5 Å². The Kier molecular flexibility index (Phi) is 7.41. The topological polar surface area (TPSA) is 70.2 Å². The summed E-state index contributed by atoms with van der Waals surface area (Å²) in [7, 11) is 3.97. The van der Waals surface area contributed by atoms with E-state index in [4.69, 9.17) is 4.74 Å². The Balaban J connectivity index is 1.60. The number of unbranched alkanes of at least 4 members (excludes halogenated alkanes) is 1. The van der Waals surface area contributed by atoms with Crippen LogP contribution >= 0.6 is 0 Å².